The van der Waals surface area contributed by atoms with E-state index in [9.17, 15) is 14.4 Å². The zero-order valence-corrected chi connectivity index (χ0v) is 16.2. The van der Waals surface area contributed by atoms with Crippen molar-refractivity contribution in [1.29, 1.82) is 0 Å². The Labute approximate surface area is 168 Å². The zero-order chi connectivity index (χ0) is 20.4. The third kappa shape index (κ3) is 3.70. The van der Waals surface area contributed by atoms with Gasteiger partial charge in [-0.1, -0.05) is 12.1 Å². The quantitative estimate of drug-likeness (QED) is 0.851. The molecular weight excluding hydrogens is 374 g/mol. The Kier molecular flexibility index (Phi) is 5.24. The summed E-state index contributed by atoms with van der Waals surface area (Å²) in [5.74, 6) is 0.150. The van der Waals surface area contributed by atoms with Crippen LogP contribution < -0.4 is 15.0 Å². The Morgan fingerprint density at radius 2 is 1.83 bits per heavy atom. The summed E-state index contributed by atoms with van der Waals surface area (Å²) in [5, 5.41) is 2.58. The number of rotatable bonds is 3. The Hall–Kier alpha value is -3.29. The van der Waals surface area contributed by atoms with Gasteiger partial charge in [0.1, 0.15) is 5.75 Å². The Morgan fingerprint density at radius 1 is 1.07 bits per heavy atom. The van der Waals surface area contributed by atoms with Gasteiger partial charge in [0, 0.05) is 26.1 Å². The summed E-state index contributed by atoms with van der Waals surface area (Å²) in [6, 6.07) is 10.6. The van der Waals surface area contributed by atoms with Crippen molar-refractivity contribution >= 4 is 23.4 Å². The van der Waals surface area contributed by atoms with Crippen molar-refractivity contribution in [3.05, 3.63) is 48.4 Å². The molecule has 29 heavy (non-hydrogen) atoms. The van der Waals surface area contributed by atoms with Gasteiger partial charge in [-0.3, -0.25) is 14.4 Å². The highest BCUT2D eigenvalue weighted by atomic mass is 16.5. The first kappa shape index (κ1) is 19.0. The minimum Gasteiger partial charge on any atom is -0.477 e. The molecule has 1 N–H and O–H groups in total. The van der Waals surface area contributed by atoms with Crippen LogP contribution in [0.5, 0.6) is 5.75 Å². The monoisotopic (exact) mass is 397 g/mol. The molecule has 152 valence electrons. The summed E-state index contributed by atoms with van der Waals surface area (Å²) >= 11 is 0. The van der Waals surface area contributed by atoms with Crippen LogP contribution in [0.4, 0.5) is 5.69 Å². The van der Waals surface area contributed by atoms with Gasteiger partial charge in [-0.15, -0.1) is 0 Å². The van der Waals surface area contributed by atoms with Crippen LogP contribution >= 0.6 is 0 Å². The molecule has 1 saturated heterocycles. The second-order valence-corrected chi connectivity index (χ2v) is 7.18. The number of carbonyl (C=O) groups is 3. The number of nitrogens with zero attached hydrogens (tertiary/aromatic N) is 2. The SMILES string of the molecule is CNC(=O)[C@H]1CN(C(=O)C2CCN(C(=O)c3ccco3)CC2)c2ccccc2O1. The minimum atomic E-state index is -0.750. The van der Waals surface area contributed by atoms with Crippen LogP contribution in [-0.2, 0) is 9.59 Å². The molecule has 0 bridgehead atoms. The van der Waals surface area contributed by atoms with Gasteiger partial charge < -0.3 is 24.3 Å². The molecule has 8 heteroatoms. The summed E-state index contributed by atoms with van der Waals surface area (Å²) < 4.78 is 11.0. The molecule has 1 aromatic carbocycles. The molecule has 0 unspecified atom stereocenters. The standard InChI is InChI=1S/C21H23N3O5/c1-22-19(25)18-13-24(15-5-2-3-6-16(15)29-18)20(26)14-8-10-23(11-9-14)21(27)17-7-4-12-28-17/h2-7,12,14,18H,8-11,13H2,1H3,(H,22,25)/t18-/m1/s1. The molecule has 4 rings (SSSR count). The van der Waals surface area contributed by atoms with Crippen LogP contribution in [0.15, 0.2) is 47.1 Å². The minimum absolute atomic E-state index is 0.0419. The maximum Gasteiger partial charge on any atom is 0.289 e. The number of likely N-dealkylation sites (N-methyl/N-ethyl adjacent to an activating group) is 1. The van der Waals surface area contributed by atoms with Crippen LogP contribution in [0.3, 0.4) is 0 Å². The van der Waals surface area contributed by atoms with Gasteiger partial charge in [0.15, 0.2) is 11.9 Å². The summed E-state index contributed by atoms with van der Waals surface area (Å²) in [6.45, 7) is 1.14. The summed E-state index contributed by atoms with van der Waals surface area (Å²) in [7, 11) is 1.55. The third-order valence-corrected chi connectivity index (χ3v) is 5.44. The molecule has 1 aromatic heterocycles. The van der Waals surface area contributed by atoms with Crippen molar-refractivity contribution in [1.82, 2.24) is 10.2 Å². The third-order valence-electron chi connectivity index (χ3n) is 5.44. The number of para-hydroxylation sites is 2. The van der Waals surface area contributed by atoms with E-state index < -0.39 is 6.10 Å². The Bertz CT molecular complexity index is 903. The van der Waals surface area contributed by atoms with E-state index in [-0.39, 0.29) is 30.2 Å². The first-order valence-corrected chi connectivity index (χ1v) is 9.70. The average molecular weight is 397 g/mol. The van der Waals surface area contributed by atoms with Crippen LogP contribution in [0, 0.1) is 5.92 Å². The number of hydrogen-bond acceptors (Lipinski definition) is 5. The predicted molar refractivity (Wildman–Crippen MR) is 105 cm³/mol. The largest absolute Gasteiger partial charge is 0.477 e. The lowest BCUT2D eigenvalue weighted by molar-refractivity contribution is -0.128. The van der Waals surface area contributed by atoms with Gasteiger partial charge in [-0.2, -0.15) is 0 Å². The number of benzene rings is 1. The first-order valence-electron chi connectivity index (χ1n) is 9.70. The molecule has 2 aromatic rings. The molecular formula is C21H23N3O5. The van der Waals surface area contributed by atoms with Gasteiger partial charge in [0.05, 0.1) is 18.5 Å². The highest BCUT2D eigenvalue weighted by molar-refractivity contribution is 5.99. The molecule has 2 aliphatic rings. The van der Waals surface area contributed by atoms with Crippen LogP contribution in [0.2, 0.25) is 0 Å². The number of anilines is 1. The van der Waals surface area contributed by atoms with E-state index in [0.717, 1.165) is 0 Å². The normalized spacial score (nSPS) is 19.3. The lowest BCUT2D eigenvalue weighted by Crippen LogP contribution is -2.52. The second kappa shape index (κ2) is 7.98. The van der Waals surface area contributed by atoms with Crippen molar-refractivity contribution in [2.45, 2.75) is 18.9 Å². The molecule has 0 radical (unpaired) electrons. The predicted octanol–water partition coefficient (Wildman–Crippen LogP) is 1.67. The summed E-state index contributed by atoms with van der Waals surface area (Å²) in [5.41, 5.74) is 0.673. The van der Waals surface area contributed by atoms with Crippen LogP contribution in [-0.4, -0.2) is 55.4 Å². The highest BCUT2D eigenvalue weighted by Gasteiger charge is 2.37. The molecule has 0 aliphatic carbocycles. The van der Waals surface area contributed by atoms with Crippen molar-refractivity contribution in [2.75, 3.05) is 31.6 Å². The number of ether oxygens (including phenoxy) is 1. The highest BCUT2D eigenvalue weighted by Crippen LogP contribution is 2.35. The van der Waals surface area contributed by atoms with Gasteiger partial charge in [-0.05, 0) is 37.1 Å². The number of fused-ring (bicyclic) bond motifs is 1. The first-order chi connectivity index (χ1) is 14.1. The molecule has 0 spiro atoms. The number of nitrogens with one attached hydrogen (secondary N) is 1. The maximum absolute atomic E-state index is 13.3. The number of carbonyl (C=O) groups excluding carboxylic acids is 3. The van der Waals surface area contributed by atoms with Gasteiger partial charge in [-0.25, -0.2) is 0 Å². The lowest BCUT2D eigenvalue weighted by atomic mass is 9.94. The molecule has 3 amide bonds. The summed E-state index contributed by atoms with van der Waals surface area (Å²) in [4.78, 5) is 41.2. The van der Waals surface area contributed by atoms with E-state index in [1.54, 1.807) is 35.0 Å². The molecule has 3 heterocycles. The number of hydrogen-bond donors (Lipinski definition) is 1. The number of furan rings is 1. The van der Waals surface area contributed by atoms with Crippen LogP contribution in [0.25, 0.3) is 0 Å². The van der Waals surface area contributed by atoms with E-state index >= 15 is 0 Å². The molecule has 1 atom stereocenters. The van der Waals surface area contributed by atoms with Crippen molar-refractivity contribution in [3.63, 3.8) is 0 Å². The number of piperidine rings is 1. The van der Waals surface area contributed by atoms with Gasteiger partial charge in [0.25, 0.3) is 11.8 Å². The molecule has 8 nitrogen and oxygen atoms in total. The fraction of sp³-hybridized carbons (Fsp3) is 0.381. The van der Waals surface area contributed by atoms with Crippen LogP contribution in [0.1, 0.15) is 23.4 Å². The van der Waals surface area contributed by atoms with Crippen molar-refractivity contribution in [3.8, 4) is 5.75 Å². The van der Waals surface area contributed by atoms with E-state index in [1.165, 1.54) is 6.26 Å². The summed E-state index contributed by atoms with van der Waals surface area (Å²) in [6.07, 6.45) is 1.85. The smallest absolute Gasteiger partial charge is 0.289 e. The van der Waals surface area contributed by atoms with E-state index in [4.69, 9.17) is 9.15 Å². The van der Waals surface area contributed by atoms with Crippen molar-refractivity contribution < 1.29 is 23.5 Å². The Morgan fingerprint density at radius 3 is 2.52 bits per heavy atom. The topological polar surface area (TPSA) is 92.1 Å². The number of amides is 3. The van der Waals surface area contributed by atoms with E-state index in [1.807, 2.05) is 18.2 Å². The Balaban J connectivity index is 1.46. The average Bonchev–Trinajstić information content (AvgIpc) is 3.32. The molecule has 2 aliphatic heterocycles. The fourth-order valence-electron chi connectivity index (χ4n) is 3.85. The number of likely N-dealkylation sites (tertiary alicyclic amines) is 1. The van der Waals surface area contributed by atoms with E-state index in [2.05, 4.69) is 5.32 Å². The lowest BCUT2D eigenvalue weighted by Gasteiger charge is -2.38. The van der Waals surface area contributed by atoms with E-state index in [0.29, 0.717) is 43.1 Å². The second-order valence-electron chi connectivity index (χ2n) is 7.18. The fourth-order valence-corrected chi connectivity index (χ4v) is 3.85. The van der Waals surface area contributed by atoms with Gasteiger partial charge in [0.2, 0.25) is 5.91 Å². The molecule has 0 saturated carbocycles. The molecule has 1 fully saturated rings. The maximum atomic E-state index is 13.3. The van der Waals surface area contributed by atoms with Crippen molar-refractivity contribution in [2.24, 2.45) is 5.92 Å². The van der Waals surface area contributed by atoms with Gasteiger partial charge >= 0.3 is 0 Å². The zero-order valence-electron chi connectivity index (χ0n) is 16.2.